The van der Waals surface area contributed by atoms with E-state index in [4.69, 9.17) is 16.3 Å². The number of hydrogen-bond donors (Lipinski definition) is 3. The van der Waals surface area contributed by atoms with Crippen molar-refractivity contribution in [1.82, 2.24) is 35.3 Å². The predicted molar refractivity (Wildman–Crippen MR) is 202 cm³/mol. The number of rotatable bonds is 9. The van der Waals surface area contributed by atoms with Crippen LogP contribution in [0.5, 0.6) is 0 Å². The molecule has 0 spiro atoms. The highest BCUT2D eigenvalue weighted by atomic mass is 35.5. The van der Waals surface area contributed by atoms with Crippen LogP contribution in [-0.2, 0) is 14.3 Å². The minimum Gasteiger partial charge on any atom is -0.478 e. The third-order valence-electron chi connectivity index (χ3n) is 9.59. The zero-order chi connectivity index (χ0) is 38.4. The Morgan fingerprint density at radius 1 is 0.981 bits per heavy atom. The summed E-state index contributed by atoms with van der Waals surface area (Å²) in [6.45, 7) is 7.10. The van der Waals surface area contributed by atoms with Gasteiger partial charge in [0.1, 0.15) is 18.0 Å². The first-order valence-corrected chi connectivity index (χ1v) is 18.2. The molecule has 3 atom stereocenters. The van der Waals surface area contributed by atoms with E-state index < -0.39 is 29.6 Å². The Balaban J connectivity index is 1.30. The van der Waals surface area contributed by atoms with Gasteiger partial charge in [-0.3, -0.25) is 14.5 Å². The van der Waals surface area contributed by atoms with Crippen molar-refractivity contribution >= 4 is 47.2 Å². The molecule has 3 heterocycles. The molecular formula is C39H43ClN8O6. The SMILES string of the molecule is CC(C)(C)OC(=O)NC1CCN(C2CC(c3ccccc3)C(C(=O)Nc3ccc(C(=O)O)cc3)N(C(=O)C=Cc3cc(Cl)ccc3-n3cnnn3)C2)CC1. The highest BCUT2D eigenvalue weighted by molar-refractivity contribution is 6.30. The van der Waals surface area contributed by atoms with Crippen LogP contribution in [-0.4, -0.2) is 102 Å². The van der Waals surface area contributed by atoms with Crippen molar-refractivity contribution in [3.8, 4) is 5.69 Å². The first kappa shape index (κ1) is 38.1. The van der Waals surface area contributed by atoms with Crippen molar-refractivity contribution in [1.29, 1.82) is 0 Å². The van der Waals surface area contributed by atoms with Crippen LogP contribution in [0, 0.1) is 0 Å². The van der Waals surface area contributed by atoms with Crippen LogP contribution in [0.25, 0.3) is 11.8 Å². The minimum absolute atomic E-state index is 0.0524. The number of anilines is 1. The summed E-state index contributed by atoms with van der Waals surface area (Å²) in [4.78, 5) is 56.8. The number of carbonyl (C=O) groups excluding carboxylic acids is 3. The highest BCUT2D eigenvalue weighted by Gasteiger charge is 2.45. The summed E-state index contributed by atoms with van der Waals surface area (Å²) in [6.07, 6.45) is 6.06. The number of carboxylic acids is 1. The van der Waals surface area contributed by atoms with E-state index in [9.17, 15) is 24.3 Å². The second-order valence-electron chi connectivity index (χ2n) is 14.5. The molecule has 0 aliphatic carbocycles. The number of ether oxygens (including phenoxy) is 1. The minimum atomic E-state index is -1.08. The van der Waals surface area contributed by atoms with E-state index in [0.717, 1.165) is 5.56 Å². The van der Waals surface area contributed by atoms with Gasteiger partial charge in [0.15, 0.2) is 0 Å². The number of likely N-dealkylation sites (tertiary alicyclic amines) is 2. The average molecular weight is 755 g/mol. The molecule has 3 amide bonds. The Bertz CT molecular complexity index is 1980. The van der Waals surface area contributed by atoms with Crippen molar-refractivity contribution in [3.63, 3.8) is 0 Å². The third-order valence-corrected chi connectivity index (χ3v) is 9.82. The highest BCUT2D eigenvalue weighted by Crippen LogP contribution is 2.37. The van der Waals surface area contributed by atoms with Crippen molar-refractivity contribution in [3.05, 3.63) is 107 Å². The standard InChI is InChI=1S/C39H43ClN8O6/c1-39(2,3)54-38(53)43-30-17-19-46(20-18-30)31-22-32(25-7-5-4-6-8-25)35(36(50)42-29-13-9-26(10-14-29)37(51)52)47(23-31)34(49)16-11-27-21-28(40)12-15-33(27)48-24-41-44-45-48/h4-16,21,24,30-32,35H,17-20,22-23H2,1-3H3,(H,42,50)(H,43,53)(H,51,52). The lowest BCUT2D eigenvalue weighted by molar-refractivity contribution is -0.139. The van der Waals surface area contributed by atoms with Crippen molar-refractivity contribution in [2.24, 2.45) is 0 Å². The van der Waals surface area contributed by atoms with Gasteiger partial charge < -0.3 is 25.4 Å². The number of amides is 3. The molecule has 282 valence electrons. The fourth-order valence-electron chi connectivity index (χ4n) is 7.08. The maximum absolute atomic E-state index is 14.5. The topological polar surface area (TPSA) is 172 Å². The van der Waals surface area contributed by atoms with Gasteiger partial charge in [0, 0.05) is 60.0 Å². The number of carboxylic acid groups (broad SMARTS) is 1. The number of tetrazole rings is 1. The van der Waals surface area contributed by atoms with Crippen LogP contribution in [0.3, 0.4) is 0 Å². The number of alkyl carbamates (subject to hydrolysis) is 1. The molecule has 3 unspecified atom stereocenters. The Morgan fingerprint density at radius 2 is 1.70 bits per heavy atom. The number of nitrogens with zero attached hydrogens (tertiary/aromatic N) is 6. The van der Waals surface area contributed by atoms with Gasteiger partial charge in [0.2, 0.25) is 11.8 Å². The molecule has 54 heavy (non-hydrogen) atoms. The fraction of sp³-hybridized carbons (Fsp3) is 0.359. The maximum Gasteiger partial charge on any atom is 0.407 e. The van der Waals surface area contributed by atoms with Gasteiger partial charge in [-0.25, -0.2) is 9.59 Å². The van der Waals surface area contributed by atoms with Crippen LogP contribution < -0.4 is 10.6 Å². The number of hydrogen-bond acceptors (Lipinski definition) is 9. The summed E-state index contributed by atoms with van der Waals surface area (Å²) in [5.74, 6) is -2.25. The Hall–Kier alpha value is -5.60. The number of nitrogens with one attached hydrogen (secondary N) is 2. The summed E-state index contributed by atoms with van der Waals surface area (Å²) in [5, 5.41) is 27.2. The molecule has 3 aromatic carbocycles. The molecule has 0 saturated carbocycles. The first-order valence-electron chi connectivity index (χ1n) is 17.8. The molecule has 2 saturated heterocycles. The Morgan fingerprint density at radius 3 is 2.35 bits per heavy atom. The molecule has 0 bridgehead atoms. The molecule has 3 N–H and O–H groups in total. The van der Waals surface area contributed by atoms with Crippen LogP contribution in [0.2, 0.25) is 5.02 Å². The van der Waals surface area contributed by atoms with Crippen molar-refractivity contribution in [2.75, 3.05) is 25.0 Å². The molecule has 4 aromatic rings. The van der Waals surface area contributed by atoms with Gasteiger partial charge in [-0.05, 0) is 105 Å². The normalized spacial score (nSPS) is 19.7. The number of piperidine rings is 2. The summed E-state index contributed by atoms with van der Waals surface area (Å²) >= 11 is 6.36. The van der Waals surface area contributed by atoms with Gasteiger partial charge in [0.25, 0.3) is 0 Å². The summed E-state index contributed by atoms with van der Waals surface area (Å²) in [5.41, 5.74) is 2.00. The van der Waals surface area contributed by atoms with Gasteiger partial charge in [-0.15, -0.1) is 5.10 Å². The molecule has 6 rings (SSSR count). The van der Waals surface area contributed by atoms with Crippen molar-refractivity contribution < 1.29 is 29.0 Å². The molecular weight excluding hydrogens is 712 g/mol. The quantitative estimate of drug-likeness (QED) is 0.188. The smallest absolute Gasteiger partial charge is 0.407 e. The zero-order valence-electron chi connectivity index (χ0n) is 30.3. The molecule has 0 radical (unpaired) electrons. The molecule has 2 aliphatic heterocycles. The van der Waals surface area contributed by atoms with Crippen LogP contribution in [0.1, 0.15) is 67.4 Å². The predicted octanol–water partition coefficient (Wildman–Crippen LogP) is 5.41. The largest absolute Gasteiger partial charge is 0.478 e. The van der Waals surface area contributed by atoms with E-state index >= 15 is 0 Å². The van der Waals surface area contributed by atoms with Gasteiger partial charge >= 0.3 is 12.1 Å². The van der Waals surface area contributed by atoms with Crippen LogP contribution in [0.15, 0.2) is 85.2 Å². The van der Waals surface area contributed by atoms with Crippen LogP contribution in [0.4, 0.5) is 10.5 Å². The summed E-state index contributed by atoms with van der Waals surface area (Å²) in [6, 6.07) is 19.7. The molecule has 14 nitrogen and oxygen atoms in total. The maximum atomic E-state index is 14.5. The third kappa shape index (κ3) is 9.49. The molecule has 1 aromatic heterocycles. The van der Waals surface area contributed by atoms with Gasteiger partial charge in [-0.2, -0.15) is 4.68 Å². The van der Waals surface area contributed by atoms with E-state index in [2.05, 4.69) is 31.1 Å². The molecule has 2 fully saturated rings. The summed E-state index contributed by atoms with van der Waals surface area (Å²) in [7, 11) is 0. The number of halogens is 1. The van der Waals surface area contributed by atoms with Crippen LogP contribution >= 0.6 is 11.6 Å². The van der Waals surface area contributed by atoms with E-state index in [0.29, 0.717) is 54.3 Å². The monoisotopic (exact) mass is 754 g/mol. The van der Waals surface area contributed by atoms with Crippen molar-refractivity contribution in [2.45, 2.75) is 69.7 Å². The lowest BCUT2D eigenvalue weighted by Gasteiger charge is -2.48. The Labute approximate surface area is 318 Å². The average Bonchev–Trinajstić information content (AvgIpc) is 3.68. The van der Waals surface area contributed by atoms with Gasteiger partial charge in [-0.1, -0.05) is 41.9 Å². The Kier molecular flexibility index (Phi) is 11.7. The number of aromatic nitrogens is 4. The van der Waals surface area contributed by atoms with E-state index in [-0.39, 0.29) is 36.0 Å². The molecule has 15 heteroatoms. The second kappa shape index (κ2) is 16.6. The van der Waals surface area contributed by atoms with E-state index in [1.807, 2.05) is 51.1 Å². The zero-order valence-corrected chi connectivity index (χ0v) is 31.0. The summed E-state index contributed by atoms with van der Waals surface area (Å²) < 4.78 is 6.94. The van der Waals surface area contributed by atoms with E-state index in [1.54, 1.807) is 29.2 Å². The van der Waals surface area contributed by atoms with Gasteiger partial charge in [0.05, 0.1) is 11.3 Å². The lowest BCUT2D eigenvalue weighted by atomic mass is 9.79. The number of carbonyl (C=O) groups is 4. The molecule has 2 aliphatic rings. The number of aromatic carboxylic acids is 1. The lowest BCUT2D eigenvalue weighted by Crippen LogP contribution is -2.61. The second-order valence-corrected chi connectivity index (χ2v) is 14.9. The number of benzene rings is 3. The van der Waals surface area contributed by atoms with E-state index in [1.165, 1.54) is 41.4 Å². The fourth-order valence-corrected chi connectivity index (χ4v) is 7.26. The first-order chi connectivity index (χ1) is 25.8.